The molecule has 0 atom stereocenters. The number of nitrogens with zero attached hydrogens (tertiary/aromatic N) is 3. The van der Waals surface area contributed by atoms with Gasteiger partial charge >= 0.3 is 5.69 Å². The highest BCUT2D eigenvalue weighted by atomic mass is 79.9. The van der Waals surface area contributed by atoms with E-state index in [4.69, 9.17) is 0 Å². The number of unbranched alkanes of at least 4 members (excludes halogenated alkanes) is 3. The monoisotopic (exact) mass is 450 g/mol. The Morgan fingerprint density at radius 2 is 2.04 bits per heavy atom. The van der Waals surface area contributed by atoms with Crippen LogP contribution in [0.2, 0.25) is 0 Å². The van der Waals surface area contributed by atoms with Gasteiger partial charge in [-0.1, -0.05) is 66.0 Å². The average molecular weight is 451 g/mol. The van der Waals surface area contributed by atoms with Crippen molar-refractivity contribution in [1.82, 2.24) is 19.1 Å². The van der Waals surface area contributed by atoms with E-state index in [0.717, 1.165) is 27.4 Å². The van der Waals surface area contributed by atoms with E-state index in [1.165, 1.54) is 23.8 Å². The lowest BCUT2D eigenvalue weighted by Gasteiger charge is -2.09. The number of rotatable bonds is 8. The topological polar surface area (TPSA) is 72.7 Å². The van der Waals surface area contributed by atoms with Crippen molar-refractivity contribution in [2.45, 2.75) is 44.3 Å². The molecule has 0 bridgehead atoms. The van der Waals surface area contributed by atoms with Crippen molar-refractivity contribution >= 4 is 38.9 Å². The van der Waals surface area contributed by atoms with Crippen LogP contribution in [0.3, 0.4) is 0 Å². The van der Waals surface area contributed by atoms with Crippen molar-refractivity contribution in [1.29, 1.82) is 0 Å². The fourth-order valence-electron chi connectivity index (χ4n) is 2.98. The van der Waals surface area contributed by atoms with Gasteiger partial charge in [0.1, 0.15) is 0 Å². The largest absolute Gasteiger partial charge is 0.329 e. The number of thioether (sulfide) groups is 1. The molecule has 1 aromatic carbocycles. The second-order valence-electron chi connectivity index (χ2n) is 6.51. The zero-order valence-electron chi connectivity index (χ0n) is 15.5. The number of benzene rings is 1. The number of aryl methyl sites for hydroxylation is 1. The van der Waals surface area contributed by atoms with E-state index >= 15 is 0 Å². The number of nitrogens with one attached hydrogen (secondary N) is 1. The Labute approximate surface area is 170 Å². The lowest BCUT2D eigenvalue weighted by Crippen LogP contribution is -2.29. The molecule has 144 valence electrons. The molecule has 0 saturated heterocycles. The number of hydrogen-bond acceptors (Lipinski definition) is 4. The molecule has 8 heteroatoms. The Balaban J connectivity index is 2.01. The summed E-state index contributed by atoms with van der Waals surface area (Å²) in [5, 5.41) is 0.771. The maximum atomic E-state index is 12.5. The summed E-state index contributed by atoms with van der Waals surface area (Å²) >= 11 is 5.13. The van der Waals surface area contributed by atoms with Gasteiger partial charge in [-0.3, -0.25) is 14.3 Å². The van der Waals surface area contributed by atoms with Crippen LogP contribution in [0, 0.1) is 0 Å². The van der Waals surface area contributed by atoms with Crippen LogP contribution in [-0.2, 0) is 13.6 Å². The smallest absolute Gasteiger partial charge is 0.309 e. The summed E-state index contributed by atoms with van der Waals surface area (Å²) < 4.78 is 4.30. The van der Waals surface area contributed by atoms with Crippen molar-refractivity contribution < 1.29 is 0 Å². The Kier molecular flexibility index (Phi) is 6.59. The van der Waals surface area contributed by atoms with Gasteiger partial charge < -0.3 is 4.57 Å². The molecular formula is C19H23BrN4O2S. The molecule has 0 aliphatic rings. The lowest BCUT2D eigenvalue weighted by atomic mass is 10.2. The van der Waals surface area contributed by atoms with Gasteiger partial charge in [-0.25, -0.2) is 9.78 Å². The number of halogens is 1. The fourth-order valence-corrected chi connectivity index (χ4v) is 4.42. The highest BCUT2D eigenvalue weighted by Gasteiger charge is 2.18. The van der Waals surface area contributed by atoms with Crippen molar-refractivity contribution in [2.75, 3.05) is 5.75 Å². The van der Waals surface area contributed by atoms with Crippen LogP contribution in [0.15, 0.2) is 43.5 Å². The van der Waals surface area contributed by atoms with Crippen LogP contribution in [0.5, 0.6) is 0 Å². The molecule has 2 aromatic heterocycles. The molecule has 0 amide bonds. The number of imidazole rings is 1. The highest BCUT2D eigenvalue weighted by molar-refractivity contribution is 9.10. The second kappa shape index (κ2) is 8.93. The average Bonchev–Trinajstić information content (AvgIpc) is 2.99. The first-order valence-corrected chi connectivity index (χ1v) is 10.9. The molecule has 0 aliphatic heterocycles. The zero-order valence-corrected chi connectivity index (χ0v) is 17.9. The van der Waals surface area contributed by atoms with Crippen molar-refractivity contribution in [3.63, 3.8) is 0 Å². The number of hydrogen-bond donors (Lipinski definition) is 1. The van der Waals surface area contributed by atoms with Gasteiger partial charge in [-0.15, -0.1) is 0 Å². The molecule has 2 heterocycles. The van der Waals surface area contributed by atoms with Gasteiger partial charge in [0, 0.05) is 17.3 Å². The fraction of sp³-hybridized carbons (Fsp3) is 0.421. The summed E-state index contributed by atoms with van der Waals surface area (Å²) in [4.78, 5) is 31.5. The Morgan fingerprint density at radius 3 is 2.78 bits per heavy atom. The normalized spacial score (nSPS) is 11.4. The lowest BCUT2D eigenvalue weighted by molar-refractivity contribution is 0.701. The van der Waals surface area contributed by atoms with Crippen LogP contribution in [-0.4, -0.2) is 24.9 Å². The number of fused-ring (bicyclic) bond motifs is 1. The molecule has 1 N–H and O–H groups in total. The molecule has 3 aromatic rings. The van der Waals surface area contributed by atoms with Gasteiger partial charge in [-0.2, -0.15) is 0 Å². The minimum atomic E-state index is -0.445. The first kappa shape index (κ1) is 19.9. The number of aromatic nitrogens is 4. The number of H-pyrrole nitrogens is 1. The predicted octanol–water partition coefficient (Wildman–Crippen LogP) is 3.91. The maximum absolute atomic E-state index is 12.5. The Hall–Kier alpha value is -1.80. The van der Waals surface area contributed by atoms with E-state index in [9.17, 15) is 9.59 Å². The minimum Gasteiger partial charge on any atom is -0.309 e. The van der Waals surface area contributed by atoms with E-state index < -0.39 is 11.2 Å². The van der Waals surface area contributed by atoms with Crippen LogP contribution in [0.1, 0.15) is 38.2 Å². The van der Waals surface area contributed by atoms with Crippen LogP contribution in [0.25, 0.3) is 11.2 Å². The first-order chi connectivity index (χ1) is 13.0. The summed E-state index contributed by atoms with van der Waals surface area (Å²) in [6, 6.07) is 7.98. The van der Waals surface area contributed by atoms with Crippen LogP contribution in [0.4, 0.5) is 0 Å². The van der Waals surface area contributed by atoms with Crippen molar-refractivity contribution in [3.8, 4) is 0 Å². The van der Waals surface area contributed by atoms with E-state index in [0.29, 0.717) is 17.7 Å². The standard InChI is InChI=1S/C19H23BrN4O2S/c1-3-4-5-6-10-27-19-21-16-15(17(25)22-18(26)23(16)2)24(19)12-13-8-7-9-14(20)11-13/h7-9,11H,3-6,10,12H2,1-2H3,(H,22,25,26). The molecule has 27 heavy (non-hydrogen) atoms. The molecular weight excluding hydrogens is 428 g/mol. The van der Waals surface area contributed by atoms with Gasteiger partial charge in [0.05, 0.1) is 6.54 Å². The van der Waals surface area contributed by atoms with Crippen LogP contribution >= 0.6 is 27.7 Å². The molecule has 0 unspecified atom stereocenters. The van der Waals surface area contributed by atoms with Gasteiger partial charge in [0.25, 0.3) is 5.56 Å². The molecule has 0 radical (unpaired) electrons. The molecule has 0 aliphatic carbocycles. The predicted molar refractivity (Wildman–Crippen MR) is 114 cm³/mol. The third kappa shape index (κ3) is 4.55. The summed E-state index contributed by atoms with van der Waals surface area (Å²) in [6.07, 6.45) is 4.72. The van der Waals surface area contributed by atoms with Gasteiger partial charge in [0.2, 0.25) is 0 Å². The van der Waals surface area contributed by atoms with Gasteiger partial charge in [0.15, 0.2) is 16.3 Å². The summed E-state index contributed by atoms with van der Waals surface area (Å²) in [7, 11) is 1.63. The molecule has 3 rings (SSSR count). The zero-order chi connectivity index (χ0) is 19.4. The molecule has 6 nitrogen and oxygen atoms in total. The van der Waals surface area contributed by atoms with Crippen molar-refractivity contribution in [2.24, 2.45) is 7.05 Å². The molecule has 0 fully saturated rings. The molecule has 0 saturated carbocycles. The summed E-state index contributed by atoms with van der Waals surface area (Å²) in [6.45, 7) is 2.71. The van der Waals surface area contributed by atoms with Gasteiger partial charge in [-0.05, 0) is 24.1 Å². The van der Waals surface area contributed by atoms with Crippen LogP contribution < -0.4 is 11.2 Å². The van der Waals surface area contributed by atoms with E-state index in [1.807, 2.05) is 28.8 Å². The summed E-state index contributed by atoms with van der Waals surface area (Å²) in [5.41, 5.74) is 1.08. The minimum absolute atomic E-state index is 0.395. The first-order valence-electron chi connectivity index (χ1n) is 9.08. The Bertz CT molecular complexity index is 1050. The maximum Gasteiger partial charge on any atom is 0.329 e. The quantitative estimate of drug-likeness (QED) is 0.417. The Morgan fingerprint density at radius 1 is 1.22 bits per heavy atom. The summed E-state index contributed by atoms with van der Waals surface area (Å²) in [5.74, 6) is 0.938. The van der Waals surface area contributed by atoms with E-state index in [2.05, 4.69) is 32.8 Å². The SMILES string of the molecule is CCCCCCSc1nc2c(c(=O)[nH]c(=O)n2C)n1Cc1cccc(Br)c1. The van der Waals surface area contributed by atoms with Crippen molar-refractivity contribution in [3.05, 3.63) is 55.1 Å². The third-order valence-electron chi connectivity index (χ3n) is 4.43. The second-order valence-corrected chi connectivity index (χ2v) is 8.49. The highest BCUT2D eigenvalue weighted by Crippen LogP contribution is 2.24. The van der Waals surface area contributed by atoms with E-state index in [1.54, 1.807) is 18.8 Å². The van der Waals surface area contributed by atoms with E-state index in [-0.39, 0.29) is 0 Å². The third-order valence-corrected chi connectivity index (χ3v) is 5.99. The molecule has 0 spiro atoms. The number of aromatic amines is 1.